The van der Waals surface area contributed by atoms with Crippen molar-refractivity contribution in [1.29, 1.82) is 5.26 Å². The van der Waals surface area contributed by atoms with Crippen LogP contribution in [-0.2, 0) is 56.6 Å². The fraction of sp³-hybridized carbons (Fsp3) is 0.556. The minimum atomic E-state index is -4.58. The number of carbonyl (C=O) groups is 3. The van der Waals surface area contributed by atoms with E-state index in [2.05, 4.69) is 26.6 Å². The maximum absolute atomic E-state index is 14.5. The van der Waals surface area contributed by atoms with E-state index in [9.17, 15) is 24.2 Å². The summed E-state index contributed by atoms with van der Waals surface area (Å²) in [5, 5.41) is 20.6. The number of benzene rings is 1. The predicted molar refractivity (Wildman–Crippen MR) is 197 cm³/mol. The summed E-state index contributed by atoms with van der Waals surface area (Å²) in [7, 11) is -0.401. The van der Waals surface area contributed by atoms with Crippen LogP contribution in [0.25, 0.3) is 5.52 Å². The molecular formula is C36H49N6O13P. The maximum atomic E-state index is 14.5. The van der Waals surface area contributed by atoms with E-state index in [0.717, 1.165) is 0 Å². The number of para-hydroxylation sites is 1. The summed E-state index contributed by atoms with van der Waals surface area (Å²) < 4.78 is 67.5. The van der Waals surface area contributed by atoms with E-state index in [1.807, 2.05) is 0 Å². The average Bonchev–Trinajstić information content (AvgIpc) is 3.75. The normalized spacial score (nSPS) is 22.7. The van der Waals surface area contributed by atoms with Gasteiger partial charge in [0.1, 0.15) is 54.6 Å². The van der Waals surface area contributed by atoms with Gasteiger partial charge >= 0.3 is 19.7 Å². The lowest BCUT2D eigenvalue weighted by Gasteiger charge is -2.31. The van der Waals surface area contributed by atoms with Gasteiger partial charge in [-0.1, -0.05) is 18.2 Å². The first-order valence-electron chi connectivity index (χ1n) is 17.7. The van der Waals surface area contributed by atoms with Gasteiger partial charge in [0.15, 0.2) is 18.0 Å². The van der Waals surface area contributed by atoms with Gasteiger partial charge in [0.2, 0.25) is 5.60 Å². The number of aromatic nitrogens is 3. The highest BCUT2D eigenvalue weighted by Gasteiger charge is 2.61. The van der Waals surface area contributed by atoms with E-state index in [0.29, 0.717) is 5.52 Å². The molecule has 1 aliphatic heterocycles. The first kappa shape index (κ1) is 44.2. The molecule has 20 heteroatoms. The molecule has 3 heterocycles. The van der Waals surface area contributed by atoms with Gasteiger partial charge in [-0.2, -0.15) is 15.4 Å². The van der Waals surface area contributed by atoms with Gasteiger partial charge in [0.05, 0.1) is 24.5 Å². The number of fused-ring (bicyclic) bond motifs is 1. The van der Waals surface area contributed by atoms with Crippen LogP contribution in [0.2, 0.25) is 0 Å². The Labute approximate surface area is 324 Å². The number of nitrogens with zero attached hydrogens (tertiary/aromatic N) is 4. The van der Waals surface area contributed by atoms with Crippen LogP contribution in [0.5, 0.6) is 5.75 Å². The van der Waals surface area contributed by atoms with Crippen molar-refractivity contribution in [3.8, 4) is 11.8 Å². The van der Waals surface area contributed by atoms with Crippen LogP contribution in [0, 0.1) is 11.3 Å². The van der Waals surface area contributed by atoms with Gasteiger partial charge < -0.3 is 43.0 Å². The van der Waals surface area contributed by atoms with Gasteiger partial charge in [-0.15, -0.1) is 0 Å². The second-order valence-electron chi connectivity index (χ2n) is 13.2. The first-order valence-corrected chi connectivity index (χ1v) is 19.3. The lowest BCUT2D eigenvalue weighted by molar-refractivity contribution is -0.173. The second kappa shape index (κ2) is 19.6. The van der Waals surface area contributed by atoms with Crippen LogP contribution in [0.3, 0.4) is 0 Å². The quantitative estimate of drug-likeness (QED) is 0.123. The molecule has 1 aromatic carbocycles. The summed E-state index contributed by atoms with van der Waals surface area (Å²) in [6.07, 6.45) is -5.70. The molecule has 0 aliphatic carbocycles. The Morgan fingerprint density at radius 3 is 2.30 bits per heavy atom. The minimum absolute atomic E-state index is 0.0571. The third kappa shape index (κ3) is 10.7. The fourth-order valence-corrected chi connectivity index (χ4v) is 6.85. The standard InChI is InChI=1S/C36H49N6O13P/c1-21(2)52-34(44)23(4)41-56(46,55-26-13-11-10-12-14-26)51-19-36(18-37)31(53-35(45)25(6)49-9)30(50-17-22(3)47-7)29(54-36)27-15-16-28-32(38-20-39-42(27)28)40-33(43)24(5)48-8/h10-16,20-25,29-31H,17,19H2,1-9H3,(H,41,46)(H,38,39,40,43)/t22-,23+,24-,25-,29+,30+,31+,36-,56?/m1/s1. The Balaban J connectivity index is 1.82. The van der Waals surface area contributed by atoms with Crippen molar-refractivity contribution in [2.45, 2.75) is 95.9 Å². The summed E-state index contributed by atoms with van der Waals surface area (Å²) in [5.41, 5.74) is -1.63. The molecule has 1 amide bonds. The van der Waals surface area contributed by atoms with Gasteiger partial charge in [0, 0.05) is 21.3 Å². The highest BCUT2D eigenvalue weighted by atomic mass is 31.2. The van der Waals surface area contributed by atoms with E-state index in [-0.39, 0.29) is 23.9 Å². The van der Waals surface area contributed by atoms with E-state index in [1.54, 1.807) is 58.0 Å². The molecule has 1 fully saturated rings. The Hall–Kier alpha value is -4.51. The zero-order chi connectivity index (χ0) is 41.2. The van der Waals surface area contributed by atoms with Gasteiger partial charge in [-0.3, -0.25) is 14.1 Å². The fourth-order valence-electron chi connectivity index (χ4n) is 5.33. The van der Waals surface area contributed by atoms with E-state index in [1.165, 1.54) is 58.2 Å². The van der Waals surface area contributed by atoms with Crippen molar-refractivity contribution in [2.24, 2.45) is 0 Å². The molecule has 1 aliphatic rings. The summed E-state index contributed by atoms with van der Waals surface area (Å²) in [6.45, 7) is 8.56. The van der Waals surface area contributed by atoms with Gasteiger partial charge in [-0.05, 0) is 65.8 Å². The average molecular weight is 805 g/mol. The molecule has 0 saturated carbocycles. The molecule has 306 valence electrons. The number of esters is 2. The summed E-state index contributed by atoms with van der Waals surface area (Å²) in [6, 6.07) is 12.1. The van der Waals surface area contributed by atoms with Crippen molar-refractivity contribution in [3.63, 3.8) is 0 Å². The number of ether oxygens (including phenoxy) is 7. The monoisotopic (exact) mass is 804 g/mol. The van der Waals surface area contributed by atoms with E-state index >= 15 is 0 Å². The van der Waals surface area contributed by atoms with Crippen molar-refractivity contribution in [1.82, 2.24) is 19.7 Å². The molecule has 2 aromatic heterocycles. The molecular weight excluding hydrogens is 755 g/mol. The molecule has 4 rings (SSSR count). The Bertz CT molecular complexity index is 1890. The number of anilines is 1. The SMILES string of the molecule is CO[C@H](C)CO[C@H]1[C@H](c2ccc3c(NC(=O)[C@@H](C)OC)ncnn23)O[C@](C#N)(COP(=O)(N[C@@H](C)C(=O)OC(C)C)Oc2ccccc2)[C@H]1OC(=O)[C@@H](C)OC. The number of amides is 1. The Morgan fingerprint density at radius 2 is 1.68 bits per heavy atom. The number of nitrogens with one attached hydrogen (secondary N) is 2. The molecule has 3 aromatic rings. The third-order valence-electron chi connectivity index (χ3n) is 8.65. The molecule has 19 nitrogen and oxygen atoms in total. The van der Waals surface area contributed by atoms with E-state index in [4.69, 9.17) is 42.2 Å². The van der Waals surface area contributed by atoms with Gasteiger partial charge in [-0.25, -0.2) is 18.9 Å². The molecule has 56 heavy (non-hydrogen) atoms. The number of carbonyl (C=O) groups excluding carboxylic acids is 3. The summed E-state index contributed by atoms with van der Waals surface area (Å²) in [4.78, 5) is 43.1. The molecule has 0 spiro atoms. The molecule has 9 atom stereocenters. The largest absolute Gasteiger partial charge is 0.462 e. The van der Waals surface area contributed by atoms with Crippen molar-refractivity contribution in [2.75, 3.05) is 39.9 Å². The van der Waals surface area contributed by atoms with E-state index < -0.39 is 86.6 Å². The topological polar surface area (TPSA) is 229 Å². The van der Waals surface area contributed by atoms with Crippen LogP contribution < -0.4 is 14.9 Å². The summed E-state index contributed by atoms with van der Waals surface area (Å²) >= 11 is 0. The van der Waals surface area contributed by atoms with Crippen molar-refractivity contribution >= 4 is 36.9 Å². The van der Waals surface area contributed by atoms with Crippen molar-refractivity contribution in [3.05, 3.63) is 54.5 Å². The number of hydrogen-bond donors (Lipinski definition) is 2. The smallest absolute Gasteiger partial charge is 0.459 e. The van der Waals surface area contributed by atoms with Crippen LogP contribution >= 0.6 is 7.75 Å². The molecule has 1 unspecified atom stereocenters. The molecule has 0 bridgehead atoms. The van der Waals surface area contributed by atoms with Crippen LogP contribution in [0.1, 0.15) is 53.3 Å². The number of nitriles is 1. The number of methoxy groups -OCH3 is 3. The zero-order valence-corrected chi connectivity index (χ0v) is 33.6. The van der Waals surface area contributed by atoms with Crippen molar-refractivity contribution < 1.29 is 61.2 Å². The Kier molecular flexibility index (Phi) is 15.4. The van der Waals surface area contributed by atoms with Crippen LogP contribution in [0.15, 0.2) is 48.8 Å². The zero-order valence-electron chi connectivity index (χ0n) is 32.7. The van der Waals surface area contributed by atoms with Gasteiger partial charge in [0.25, 0.3) is 5.91 Å². The molecule has 1 saturated heterocycles. The van der Waals surface area contributed by atoms with Crippen LogP contribution in [0.4, 0.5) is 5.82 Å². The minimum Gasteiger partial charge on any atom is -0.462 e. The predicted octanol–water partition coefficient (Wildman–Crippen LogP) is 3.54. The highest BCUT2D eigenvalue weighted by Crippen LogP contribution is 2.50. The second-order valence-corrected chi connectivity index (χ2v) is 14.9. The third-order valence-corrected chi connectivity index (χ3v) is 10.3. The lowest BCUT2D eigenvalue weighted by Crippen LogP contribution is -2.50. The summed E-state index contributed by atoms with van der Waals surface area (Å²) in [5.74, 6) is -1.84. The highest BCUT2D eigenvalue weighted by molar-refractivity contribution is 7.52. The number of rotatable bonds is 20. The molecule has 0 radical (unpaired) electrons. The number of hydrogen-bond acceptors (Lipinski definition) is 16. The maximum Gasteiger partial charge on any atom is 0.459 e. The Morgan fingerprint density at radius 1 is 0.982 bits per heavy atom. The molecule has 2 N–H and O–H groups in total. The van der Waals surface area contributed by atoms with Crippen LogP contribution in [-0.4, -0.2) is 115 Å². The first-order chi connectivity index (χ1) is 26.6. The lowest BCUT2D eigenvalue weighted by atomic mass is 9.95.